The Morgan fingerprint density at radius 1 is 0.950 bits per heavy atom. The summed E-state index contributed by atoms with van der Waals surface area (Å²) < 4.78 is 5.92. The molecule has 2 rings (SSSR count). The summed E-state index contributed by atoms with van der Waals surface area (Å²) in [4.78, 5) is 1.02. The zero-order valence-electron chi connectivity index (χ0n) is 12.2. The molecule has 2 aromatic carbocycles. The SMILES string of the molecule is CCCOc1ccc(S)c(-c2ccccc2)c1CCC. The third kappa shape index (κ3) is 3.37. The van der Waals surface area contributed by atoms with Gasteiger partial charge >= 0.3 is 0 Å². The van der Waals surface area contributed by atoms with Gasteiger partial charge in [-0.1, -0.05) is 50.6 Å². The molecule has 0 spiro atoms. The molecular formula is C18H22OS. The van der Waals surface area contributed by atoms with Crippen LogP contribution in [0.4, 0.5) is 0 Å². The van der Waals surface area contributed by atoms with Gasteiger partial charge in [0.2, 0.25) is 0 Å². The standard InChI is InChI=1S/C18H22OS/c1-3-8-15-16(19-13-4-2)11-12-17(20)18(15)14-9-6-5-7-10-14/h5-7,9-12,20H,3-4,8,13H2,1-2H3. The van der Waals surface area contributed by atoms with Crippen molar-refractivity contribution in [2.24, 2.45) is 0 Å². The lowest BCUT2D eigenvalue weighted by atomic mass is 9.96. The minimum Gasteiger partial charge on any atom is -0.493 e. The molecule has 0 bridgehead atoms. The highest BCUT2D eigenvalue weighted by molar-refractivity contribution is 7.80. The second-order valence-electron chi connectivity index (χ2n) is 4.90. The first-order valence-electron chi connectivity index (χ1n) is 7.31. The van der Waals surface area contributed by atoms with E-state index in [4.69, 9.17) is 4.74 Å². The largest absolute Gasteiger partial charge is 0.493 e. The maximum absolute atomic E-state index is 5.92. The van der Waals surface area contributed by atoms with Gasteiger partial charge in [-0.15, -0.1) is 12.6 Å². The highest BCUT2D eigenvalue weighted by Crippen LogP contribution is 2.36. The van der Waals surface area contributed by atoms with Gasteiger partial charge in [-0.2, -0.15) is 0 Å². The normalized spacial score (nSPS) is 10.6. The highest BCUT2D eigenvalue weighted by atomic mass is 32.1. The molecule has 0 heterocycles. The summed E-state index contributed by atoms with van der Waals surface area (Å²) in [7, 11) is 0. The van der Waals surface area contributed by atoms with Crippen molar-refractivity contribution in [3.63, 3.8) is 0 Å². The van der Waals surface area contributed by atoms with Crippen LogP contribution in [0.3, 0.4) is 0 Å². The summed E-state index contributed by atoms with van der Waals surface area (Å²) in [5.41, 5.74) is 3.70. The Hall–Kier alpha value is -1.41. The first-order chi connectivity index (χ1) is 9.77. The third-order valence-corrected chi connectivity index (χ3v) is 3.64. The minimum atomic E-state index is 0.761. The van der Waals surface area contributed by atoms with Gasteiger partial charge in [0.15, 0.2) is 0 Å². The molecule has 0 atom stereocenters. The fourth-order valence-corrected chi connectivity index (χ4v) is 2.73. The summed E-state index contributed by atoms with van der Waals surface area (Å²) in [6.07, 6.45) is 3.13. The van der Waals surface area contributed by atoms with E-state index >= 15 is 0 Å². The lowest BCUT2D eigenvalue weighted by molar-refractivity contribution is 0.314. The Bertz CT molecular complexity index is 549. The van der Waals surface area contributed by atoms with E-state index in [0.29, 0.717) is 0 Å². The monoisotopic (exact) mass is 286 g/mol. The van der Waals surface area contributed by atoms with Crippen LogP contribution in [0.1, 0.15) is 32.3 Å². The molecule has 0 amide bonds. The summed E-state index contributed by atoms with van der Waals surface area (Å²) in [6, 6.07) is 14.5. The first kappa shape index (κ1) is 15.0. The van der Waals surface area contributed by atoms with Crippen molar-refractivity contribution in [3.05, 3.63) is 48.0 Å². The van der Waals surface area contributed by atoms with Crippen LogP contribution in [0, 0.1) is 0 Å². The molecule has 1 nitrogen and oxygen atoms in total. The van der Waals surface area contributed by atoms with Gasteiger partial charge < -0.3 is 4.74 Å². The van der Waals surface area contributed by atoms with Crippen LogP contribution >= 0.6 is 12.6 Å². The van der Waals surface area contributed by atoms with Crippen molar-refractivity contribution in [2.75, 3.05) is 6.61 Å². The Balaban J connectivity index is 2.52. The summed E-state index contributed by atoms with van der Waals surface area (Å²) >= 11 is 4.65. The zero-order chi connectivity index (χ0) is 14.4. The molecule has 0 saturated carbocycles. The molecule has 0 aromatic heterocycles. The van der Waals surface area contributed by atoms with Crippen molar-refractivity contribution in [1.29, 1.82) is 0 Å². The van der Waals surface area contributed by atoms with Gasteiger partial charge in [-0.3, -0.25) is 0 Å². The predicted molar refractivity (Wildman–Crippen MR) is 88.9 cm³/mol. The molecule has 0 N–H and O–H groups in total. The van der Waals surface area contributed by atoms with Gasteiger partial charge in [-0.25, -0.2) is 0 Å². The molecular weight excluding hydrogens is 264 g/mol. The smallest absolute Gasteiger partial charge is 0.123 e. The Morgan fingerprint density at radius 3 is 2.35 bits per heavy atom. The van der Waals surface area contributed by atoms with Crippen LogP contribution in [0.25, 0.3) is 11.1 Å². The fourth-order valence-electron chi connectivity index (χ4n) is 2.39. The van der Waals surface area contributed by atoms with Gasteiger partial charge in [-0.05, 0) is 30.5 Å². The van der Waals surface area contributed by atoms with Crippen LogP contribution in [0.5, 0.6) is 5.75 Å². The van der Waals surface area contributed by atoms with E-state index < -0.39 is 0 Å². The Kier molecular flexibility index (Phi) is 5.54. The molecule has 106 valence electrons. The number of rotatable bonds is 6. The zero-order valence-corrected chi connectivity index (χ0v) is 13.1. The van der Waals surface area contributed by atoms with Crippen LogP contribution in [0.2, 0.25) is 0 Å². The summed E-state index contributed by atoms with van der Waals surface area (Å²) in [5, 5.41) is 0. The van der Waals surface area contributed by atoms with Gasteiger partial charge in [0.05, 0.1) is 6.61 Å². The van der Waals surface area contributed by atoms with Crippen LogP contribution < -0.4 is 4.74 Å². The van der Waals surface area contributed by atoms with Crippen molar-refractivity contribution >= 4 is 12.6 Å². The summed E-state index contributed by atoms with van der Waals surface area (Å²) in [6.45, 7) is 5.09. The lowest BCUT2D eigenvalue weighted by Gasteiger charge is -2.17. The average Bonchev–Trinajstić information content (AvgIpc) is 2.48. The third-order valence-electron chi connectivity index (χ3n) is 3.27. The molecule has 2 heteroatoms. The maximum Gasteiger partial charge on any atom is 0.123 e. The number of thiol groups is 1. The van der Waals surface area contributed by atoms with Crippen molar-refractivity contribution < 1.29 is 4.74 Å². The quantitative estimate of drug-likeness (QED) is 0.701. The molecule has 0 aliphatic rings. The van der Waals surface area contributed by atoms with E-state index in [0.717, 1.165) is 36.5 Å². The molecule has 0 saturated heterocycles. The fraction of sp³-hybridized carbons (Fsp3) is 0.333. The average molecular weight is 286 g/mol. The van der Waals surface area contributed by atoms with E-state index in [9.17, 15) is 0 Å². The molecule has 0 aliphatic heterocycles. The molecule has 0 fully saturated rings. The van der Waals surface area contributed by atoms with Crippen molar-refractivity contribution in [2.45, 2.75) is 38.0 Å². The number of hydrogen-bond donors (Lipinski definition) is 1. The Labute approximate surface area is 127 Å². The van der Waals surface area contributed by atoms with Gasteiger partial charge in [0, 0.05) is 16.0 Å². The number of hydrogen-bond acceptors (Lipinski definition) is 2. The van der Waals surface area contributed by atoms with E-state index in [1.165, 1.54) is 16.7 Å². The molecule has 2 aromatic rings. The van der Waals surface area contributed by atoms with Crippen molar-refractivity contribution in [3.8, 4) is 16.9 Å². The number of benzene rings is 2. The second-order valence-corrected chi connectivity index (χ2v) is 5.38. The van der Waals surface area contributed by atoms with Crippen LogP contribution in [-0.4, -0.2) is 6.61 Å². The van der Waals surface area contributed by atoms with Crippen LogP contribution in [0.15, 0.2) is 47.4 Å². The second kappa shape index (κ2) is 7.39. The van der Waals surface area contributed by atoms with Crippen LogP contribution in [-0.2, 0) is 6.42 Å². The lowest BCUT2D eigenvalue weighted by Crippen LogP contribution is -2.01. The molecule has 0 aliphatic carbocycles. The van der Waals surface area contributed by atoms with E-state index in [2.05, 4.69) is 56.8 Å². The van der Waals surface area contributed by atoms with Crippen molar-refractivity contribution in [1.82, 2.24) is 0 Å². The van der Waals surface area contributed by atoms with E-state index in [1.54, 1.807) is 0 Å². The molecule has 20 heavy (non-hydrogen) atoms. The van der Waals surface area contributed by atoms with Gasteiger partial charge in [0.25, 0.3) is 0 Å². The minimum absolute atomic E-state index is 0.761. The maximum atomic E-state index is 5.92. The Morgan fingerprint density at radius 2 is 1.70 bits per heavy atom. The highest BCUT2D eigenvalue weighted by Gasteiger charge is 2.13. The topological polar surface area (TPSA) is 9.23 Å². The predicted octanol–water partition coefficient (Wildman–Crippen LogP) is 5.38. The van der Waals surface area contributed by atoms with Gasteiger partial charge in [0.1, 0.15) is 5.75 Å². The first-order valence-corrected chi connectivity index (χ1v) is 7.75. The number of ether oxygens (including phenoxy) is 1. The molecule has 0 unspecified atom stereocenters. The van der Waals surface area contributed by atoms with E-state index in [1.807, 2.05) is 12.1 Å². The van der Waals surface area contributed by atoms with E-state index in [-0.39, 0.29) is 0 Å². The molecule has 0 radical (unpaired) electrons. The summed E-state index contributed by atoms with van der Waals surface area (Å²) in [5.74, 6) is 1.00.